The van der Waals surface area contributed by atoms with Gasteiger partial charge in [-0.15, -0.1) is 0 Å². The van der Waals surface area contributed by atoms with Crippen molar-refractivity contribution >= 4 is 22.9 Å². The third-order valence-electron chi connectivity index (χ3n) is 9.59. The molecule has 7 rings (SSSR count). The lowest BCUT2D eigenvalue weighted by Gasteiger charge is -2.59. The van der Waals surface area contributed by atoms with Crippen LogP contribution in [0.2, 0.25) is 0 Å². The van der Waals surface area contributed by atoms with E-state index in [0.717, 1.165) is 78.7 Å². The Bertz CT molecular complexity index is 1700. The van der Waals surface area contributed by atoms with Crippen molar-refractivity contribution in [2.45, 2.75) is 52.0 Å². The molecule has 2 saturated heterocycles. The maximum atomic E-state index is 12.9. The molecule has 0 radical (unpaired) electrons. The normalized spacial score (nSPS) is 19.3. The Morgan fingerprint density at radius 2 is 1.88 bits per heavy atom. The van der Waals surface area contributed by atoms with Crippen molar-refractivity contribution in [2.75, 3.05) is 36.0 Å². The number of hydrogen-bond acceptors (Lipinski definition) is 7. The van der Waals surface area contributed by atoms with E-state index in [1.807, 2.05) is 29.8 Å². The van der Waals surface area contributed by atoms with Crippen LogP contribution in [-0.2, 0) is 0 Å². The Labute approximate surface area is 246 Å². The van der Waals surface area contributed by atoms with Crippen molar-refractivity contribution in [3.05, 3.63) is 71.9 Å². The molecule has 9 heteroatoms. The van der Waals surface area contributed by atoms with E-state index in [1.165, 1.54) is 12.8 Å². The van der Waals surface area contributed by atoms with E-state index >= 15 is 0 Å². The number of hydrogen-bond donors (Lipinski definition) is 1. The summed E-state index contributed by atoms with van der Waals surface area (Å²) in [4.78, 5) is 26.7. The molecule has 1 aliphatic carbocycles. The van der Waals surface area contributed by atoms with Crippen LogP contribution in [0.4, 0.5) is 11.5 Å². The number of carbonyl (C=O) groups excluding carboxylic acids is 1. The average Bonchev–Trinajstić information content (AvgIpc) is 3.37. The topological polar surface area (TPSA) is 102 Å². The lowest BCUT2D eigenvalue weighted by Crippen LogP contribution is -2.62. The summed E-state index contributed by atoms with van der Waals surface area (Å²) in [5.41, 5.74) is 6.01. The predicted molar refractivity (Wildman–Crippen MR) is 162 cm³/mol. The first-order chi connectivity index (χ1) is 20.2. The minimum Gasteiger partial charge on any atom is -0.369 e. The van der Waals surface area contributed by atoms with Gasteiger partial charge in [-0.05, 0) is 75.3 Å². The number of pyridine rings is 3. The molecule has 0 bridgehead atoms. The minimum atomic E-state index is -0.299. The third kappa shape index (κ3) is 4.55. The van der Waals surface area contributed by atoms with Gasteiger partial charge in [0.25, 0.3) is 5.91 Å². The van der Waals surface area contributed by atoms with Crippen molar-refractivity contribution < 1.29 is 4.79 Å². The molecule has 0 atom stereocenters. The Morgan fingerprint density at radius 3 is 2.55 bits per heavy atom. The zero-order chi connectivity index (χ0) is 29.1. The number of aromatic nitrogens is 4. The number of nitrogens with one attached hydrogen (secondary N) is 1. The standard InChI is InChI=1S/C33H36N8O/c1-22-14-33(15-22)20-40(21-33)26-13-27(30-25(16-34)18-37-41(30)19-26)24-6-7-28(36-17-24)39-11-8-32(3,9-12-39)38-31(42)29-23(2)5-4-10-35-29/h4-7,10,13,17-19,22H,8-9,11-12,14-15,20-21H2,1-3H3,(H,38,42). The van der Waals surface area contributed by atoms with E-state index in [4.69, 9.17) is 4.98 Å². The molecular weight excluding hydrogens is 524 g/mol. The van der Waals surface area contributed by atoms with Gasteiger partial charge < -0.3 is 15.1 Å². The van der Waals surface area contributed by atoms with Crippen LogP contribution in [0.15, 0.2) is 55.1 Å². The van der Waals surface area contributed by atoms with E-state index in [9.17, 15) is 10.1 Å². The number of aryl methyl sites for hydroxylation is 1. The number of carbonyl (C=O) groups is 1. The average molecular weight is 561 g/mol. The minimum absolute atomic E-state index is 0.118. The van der Waals surface area contributed by atoms with Gasteiger partial charge >= 0.3 is 0 Å². The molecular formula is C33H36N8O. The highest BCUT2D eigenvalue weighted by Crippen LogP contribution is 2.53. The maximum absolute atomic E-state index is 12.9. The lowest BCUT2D eigenvalue weighted by atomic mass is 9.58. The van der Waals surface area contributed by atoms with E-state index in [0.29, 0.717) is 16.7 Å². The van der Waals surface area contributed by atoms with Gasteiger partial charge in [0.1, 0.15) is 17.6 Å². The van der Waals surface area contributed by atoms with Crippen molar-refractivity contribution in [2.24, 2.45) is 11.3 Å². The molecule has 9 nitrogen and oxygen atoms in total. The molecule has 214 valence electrons. The summed E-state index contributed by atoms with van der Waals surface area (Å²) in [6.07, 6.45) is 11.5. The Morgan fingerprint density at radius 1 is 1.10 bits per heavy atom. The summed E-state index contributed by atoms with van der Waals surface area (Å²) in [6, 6.07) is 12.4. The van der Waals surface area contributed by atoms with Crippen molar-refractivity contribution in [3.8, 4) is 17.2 Å². The summed E-state index contributed by atoms with van der Waals surface area (Å²) in [7, 11) is 0. The van der Waals surface area contributed by atoms with Crippen LogP contribution < -0.4 is 15.1 Å². The molecule has 1 spiro atoms. The molecule has 0 unspecified atom stereocenters. The second-order valence-electron chi connectivity index (χ2n) is 13.0. The van der Waals surface area contributed by atoms with Crippen molar-refractivity contribution in [3.63, 3.8) is 0 Å². The van der Waals surface area contributed by atoms with E-state index in [-0.39, 0.29) is 11.4 Å². The van der Waals surface area contributed by atoms with Crippen LogP contribution in [-0.4, -0.2) is 57.2 Å². The van der Waals surface area contributed by atoms with Gasteiger partial charge in [0, 0.05) is 60.7 Å². The van der Waals surface area contributed by atoms with Crippen LogP contribution >= 0.6 is 0 Å². The summed E-state index contributed by atoms with van der Waals surface area (Å²) in [5.74, 6) is 1.63. The largest absolute Gasteiger partial charge is 0.369 e. The summed E-state index contributed by atoms with van der Waals surface area (Å²) >= 11 is 0. The van der Waals surface area contributed by atoms with Crippen LogP contribution in [0.5, 0.6) is 0 Å². The second-order valence-corrected chi connectivity index (χ2v) is 13.0. The number of fused-ring (bicyclic) bond motifs is 1. The number of piperidine rings is 1. The van der Waals surface area contributed by atoms with E-state index in [1.54, 1.807) is 12.4 Å². The van der Waals surface area contributed by atoms with E-state index in [2.05, 4.69) is 69.5 Å². The number of nitrogens with zero attached hydrogens (tertiary/aromatic N) is 7. The second kappa shape index (κ2) is 9.83. The Hall–Kier alpha value is -4.45. The first-order valence-electron chi connectivity index (χ1n) is 14.9. The van der Waals surface area contributed by atoms with Gasteiger partial charge in [0.15, 0.2) is 0 Å². The zero-order valence-electron chi connectivity index (χ0n) is 24.5. The molecule has 1 N–H and O–H groups in total. The SMILES string of the molecule is Cc1cccnc1C(=O)NC1(C)CCN(c2ccc(-c3cc(N4CC5(CC(C)C5)C4)cn4ncc(C#N)c34)cn2)CC1. The van der Waals surface area contributed by atoms with Crippen LogP contribution in [0.3, 0.4) is 0 Å². The number of amides is 1. The zero-order valence-corrected chi connectivity index (χ0v) is 24.5. The Kier molecular flexibility index (Phi) is 6.19. The summed E-state index contributed by atoms with van der Waals surface area (Å²) in [6.45, 7) is 10.1. The highest BCUT2D eigenvalue weighted by atomic mass is 16.2. The lowest BCUT2D eigenvalue weighted by molar-refractivity contribution is 0.0336. The molecule has 1 amide bonds. The highest BCUT2D eigenvalue weighted by Gasteiger charge is 2.50. The number of nitriles is 1. The van der Waals surface area contributed by atoms with Crippen LogP contribution in [0.1, 0.15) is 61.1 Å². The Balaban J connectivity index is 1.08. The van der Waals surface area contributed by atoms with E-state index < -0.39 is 0 Å². The fraction of sp³-hybridized carbons (Fsp3) is 0.424. The molecule has 1 saturated carbocycles. The summed E-state index contributed by atoms with van der Waals surface area (Å²) < 4.78 is 1.84. The van der Waals surface area contributed by atoms with Gasteiger partial charge in [0.05, 0.1) is 29.2 Å². The quantitative estimate of drug-likeness (QED) is 0.367. The first-order valence-corrected chi connectivity index (χ1v) is 14.9. The molecule has 4 aromatic heterocycles. The third-order valence-corrected chi connectivity index (χ3v) is 9.59. The molecule has 4 aromatic rings. The number of anilines is 2. The van der Waals surface area contributed by atoms with Crippen LogP contribution in [0, 0.1) is 29.6 Å². The van der Waals surface area contributed by atoms with Gasteiger partial charge in [-0.1, -0.05) is 13.0 Å². The molecule has 3 fully saturated rings. The molecule has 0 aromatic carbocycles. The van der Waals surface area contributed by atoms with Crippen molar-refractivity contribution in [1.82, 2.24) is 24.9 Å². The van der Waals surface area contributed by atoms with Gasteiger partial charge in [0.2, 0.25) is 0 Å². The predicted octanol–water partition coefficient (Wildman–Crippen LogP) is 5.00. The van der Waals surface area contributed by atoms with Crippen molar-refractivity contribution in [1.29, 1.82) is 5.26 Å². The number of rotatable bonds is 5. The highest BCUT2D eigenvalue weighted by molar-refractivity contribution is 5.94. The van der Waals surface area contributed by atoms with Gasteiger partial charge in [-0.25, -0.2) is 9.50 Å². The van der Waals surface area contributed by atoms with Gasteiger partial charge in [-0.2, -0.15) is 10.4 Å². The van der Waals surface area contributed by atoms with Gasteiger partial charge in [-0.3, -0.25) is 9.78 Å². The smallest absolute Gasteiger partial charge is 0.270 e. The molecule has 42 heavy (non-hydrogen) atoms. The molecule has 2 aliphatic heterocycles. The van der Waals surface area contributed by atoms with Crippen LogP contribution in [0.25, 0.3) is 16.6 Å². The first kappa shape index (κ1) is 26.4. The maximum Gasteiger partial charge on any atom is 0.270 e. The fourth-order valence-electron chi connectivity index (χ4n) is 7.35. The monoisotopic (exact) mass is 560 g/mol. The fourth-order valence-corrected chi connectivity index (χ4v) is 7.35. The molecule has 3 aliphatic rings. The molecule has 6 heterocycles. The summed E-state index contributed by atoms with van der Waals surface area (Å²) in [5, 5.41) is 17.5.